The van der Waals surface area contributed by atoms with Gasteiger partial charge in [0.05, 0.1) is 38.7 Å². The maximum absolute atomic E-state index is 10.1. The molecule has 9 aromatic carbocycles. The van der Waals surface area contributed by atoms with Gasteiger partial charge in [0, 0.05) is 24.8 Å². The monoisotopic (exact) mass is 978 g/mol. The van der Waals surface area contributed by atoms with Crippen LogP contribution < -0.4 is 15.3 Å². The molecule has 0 heterocycles. The fraction of sp³-hybridized carbons (Fsp3) is 0.0500. The van der Waals surface area contributed by atoms with Gasteiger partial charge in [0.1, 0.15) is 5.60 Å². The zero-order valence-corrected chi connectivity index (χ0v) is 40.5. The summed E-state index contributed by atoms with van der Waals surface area (Å²) in [6.45, 7) is 0. The molecule has 0 aromatic heterocycles. The highest BCUT2D eigenvalue weighted by Crippen LogP contribution is 2.33. The van der Waals surface area contributed by atoms with Crippen molar-refractivity contribution >= 4 is 50.6 Å². The van der Waals surface area contributed by atoms with E-state index in [0.717, 1.165) is 0 Å². The summed E-state index contributed by atoms with van der Waals surface area (Å²) in [7, 11) is -0.0439. The van der Waals surface area contributed by atoms with E-state index in [1.165, 1.54) is 44.1 Å². The van der Waals surface area contributed by atoms with Crippen molar-refractivity contribution in [1.29, 1.82) is 0 Å². The Hall–Kier alpha value is -7.60. The maximum Gasteiger partial charge on any atom is 0.166 e. The lowest BCUT2D eigenvalue weighted by molar-refractivity contribution is -0.339. The van der Waals surface area contributed by atoms with Crippen molar-refractivity contribution in [2.45, 2.75) is 62.5 Å². The molecule has 9 rings (SSSR count). The van der Waals surface area contributed by atoms with Crippen molar-refractivity contribution < 1.29 is 34.8 Å². The summed E-state index contributed by atoms with van der Waals surface area (Å²) >= 11 is 0. The molecule has 0 aliphatic rings. The number of carbonyl (C=O) groups excluding carboxylic acids is 3. The zero-order valence-electron chi connectivity index (χ0n) is 38.0. The Balaban J connectivity index is 0.000000155. The van der Waals surface area contributed by atoms with Crippen molar-refractivity contribution in [3.05, 3.63) is 273 Å². The Morgan fingerprint density at radius 3 is 0.514 bits per heavy atom. The third-order valence-corrected chi connectivity index (χ3v) is 16.8. The van der Waals surface area contributed by atoms with E-state index < -0.39 is 36.4 Å². The number of carboxylic acid groups (broad SMARTS) is 3. The minimum absolute atomic E-state index is 0.0146. The summed E-state index contributed by atoms with van der Waals surface area (Å²) in [5.74, 6) is -5.98. The average Bonchev–Trinajstić information content (AvgIpc) is 3.40. The number of hydrogen-bond acceptors (Lipinski definition) is 7. The highest BCUT2D eigenvalue weighted by Gasteiger charge is 2.31. The van der Waals surface area contributed by atoms with Gasteiger partial charge >= 0.3 is 0 Å². The number of rotatable bonds is 14. The van der Waals surface area contributed by atoms with Crippen molar-refractivity contribution in [1.82, 2.24) is 0 Å². The van der Waals surface area contributed by atoms with Gasteiger partial charge in [0.15, 0.2) is 44.1 Å². The molecule has 1 N–H and O–H groups in total. The van der Waals surface area contributed by atoms with E-state index in [1.807, 2.05) is 0 Å². The van der Waals surface area contributed by atoms with Gasteiger partial charge in [-0.1, -0.05) is 164 Å². The van der Waals surface area contributed by atoms with Crippen molar-refractivity contribution in [3.8, 4) is 0 Å². The highest BCUT2D eigenvalue weighted by atomic mass is 32.2. The topological polar surface area (TPSA) is 141 Å². The molecule has 0 bridgehead atoms. The van der Waals surface area contributed by atoms with Crippen molar-refractivity contribution in [2.24, 2.45) is 0 Å². The molecular weight excluding hydrogens is 929 g/mol. The van der Waals surface area contributed by atoms with Gasteiger partial charge in [0.2, 0.25) is 0 Å². The van der Waals surface area contributed by atoms with Crippen LogP contribution in [0.5, 0.6) is 0 Å². The molecule has 0 aliphatic carbocycles. The Morgan fingerprint density at radius 2 is 0.414 bits per heavy atom. The van der Waals surface area contributed by atoms with Crippen LogP contribution in [0.3, 0.4) is 0 Å². The second kappa shape index (κ2) is 27.4. The van der Waals surface area contributed by atoms with Gasteiger partial charge in [-0.3, -0.25) is 0 Å². The average molecular weight is 979 g/mol. The molecule has 0 amide bonds. The SMILES string of the molecule is O=C([O-])CC(O)(CC(=O)[O-])C(=O)[O-].c1ccc([S+](c2ccccc2)c2ccccc2)cc1.c1ccc([S+](c2ccccc2)c2ccccc2)cc1.c1ccc([S+](c2ccccc2)c2ccccc2)cc1. The summed E-state index contributed by atoms with van der Waals surface area (Å²) < 4.78 is 0. The number of hydrogen-bond donors (Lipinski definition) is 1. The molecule has 0 spiro atoms. The van der Waals surface area contributed by atoms with Crippen molar-refractivity contribution in [3.63, 3.8) is 0 Å². The summed E-state index contributed by atoms with van der Waals surface area (Å²) in [5, 5.41) is 38.9. The van der Waals surface area contributed by atoms with Gasteiger partial charge in [-0.15, -0.1) is 0 Å². The number of aliphatic hydroxyl groups is 1. The Kier molecular flexibility index (Phi) is 20.3. The van der Waals surface area contributed by atoms with Crippen LogP contribution >= 0.6 is 0 Å². The minimum atomic E-state index is -2.97. The zero-order chi connectivity index (χ0) is 49.4. The van der Waals surface area contributed by atoms with E-state index in [4.69, 9.17) is 5.11 Å². The number of benzene rings is 9. The van der Waals surface area contributed by atoms with Gasteiger partial charge in [0.25, 0.3) is 0 Å². The summed E-state index contributed by atoms with van der Waals surface area (Å²) in [6.07, 6.45) is -2.72. The van der Waals surface area contributed by atoms with Crippen LogP contribution in [0, 0.1) is 0 Å². The molecular formula is C60H50O7S3. The Bertz CT molecular complexity index is 2330. The molecule has 0 unspecified atom stereocenters. The molecule has 0 atom stereocenters. The minimum Gasteiger partial charge on any atom is -0.550 e. The third-order valence-electron chi connectivity index (χ3n) is 10.1. The quantitative estimate of drug-likeness (QED) is 0.107. The summed E-state index contributed by atoms with van der Waals surface area (Å²) in [6, 6.07) is 96.5. The van der Waals surface area contributed by atoms with E-state index in [9.17, 15) is 29.7 Å². The smallest absolute Gasteiger partial charge is 0.166 e. The van der Waals surface area contributed by atoms with Gasteiger partial charge in [-0.2, -0.15) is 0 Å². The molecule has 0 aliphatic heterocycles. The number of carboxylic acids is 3. The molecule has 0 saturated carbocycles. The van der Waals surface area contributed by atoms with Crippen LogP contribution in [0.2, 0.25) is 0 Å². The molecule has 0 saturated heterocycles. The summed E-state index contributed by atoms with van der Waals surface area (Å²) in [5.41, 5.74) is -2.97. The fourth-order valence-corrected chi connectivity index (χ4v) is 13.2. The predicted octanol–water partition coefficient (Wildman–Crippen LogP) is 9.09. The van der Waals surface area contributed by atoms with Crippen LogP contribution in [0.4, 0.5) is 0 Å². The maximum atomic E-state index is 10.1. The highest BCUT2D eigenvalue weighted by molar-refractivity contribution is 7.97. The second-order valence-corrected chi connectivity index (χ2v) is 21.2. The molecule has 70 heavy (non-hydrogen) atoms. The lowest BCUT2D eigenvalue weighted by atomic mass is 9.96. The van der Waals surface area contributed by atoms with Gasteiger partial charge < -0.3 is 34.8 Å². The molecule has 9 aromatic rings. The lowest BCUT2D eigenvalue weighted by Gasteiger charge is -2.29. The largest absolute Gasteiger partial charge is 0.550 e. The van der Waals surface area contributed by atoms with E-state index >= 15 is 0 Å². The standard InChI is InChI=1S/3C18H15S.C6H8O7/c3*1-4-10-16(11-5-1)19(17-12-6-2-7-13-17)18-14-8-3-9-15-18;7-3(8)1-6(13,5(11)12)2-4(9)10/h3*1-15H;13H,1-2H2,(H,7,8)(H,9,10)(H,11,12)/q3*+1;/p-3. The first-order valence-corrected chi connectivity index (χ1v) is 25.8. The van der Waals surface area contributed by atoms with Crippen LogP contribution in [0.1, 0.15) is 12.8 Å². The normalized spacial score (nSPS) is 10.6. The molecule has 350 valence electrons. The van der Waals surface area contributed by atoms with Crippen LogP contribution in [-0.4, -0.2) is 28.6 Å². The van der Waals surface area contributed by atoms with E-state index in [0.29, 0.717) is 0 Å². The molecule has 7 nitrogen and oxygen atoms in total. The van der Waals surface area contributed by atoms with Crippen LogP contribution in [0.15, 0.2) is 317 Å². The molecule has 10 heteroatoms. The van der Waals surface area contributed by atoms with Gasteiger partial charge in [-0.05, 0) is 109 Å². The molecule has 0 fully saturated rings. The first kappa shape index (κ1) is 51.8. The molecule has 0 radical (unpaired) electrons. The predicted molar refractivity (Wildman–Crippen MR) is 274 cm³/mol. The lowest BCUT2D eigenvalue weighted by Crippen LogP contribution is -2.54. The first-order valence-electron chi connectivity index (χ1n) is 22.1. The Morgan fingerprint density at radius 1 is 0.286 bits per heavy atom. The van der Waals surface area contributed by atoms with Crippen molar-refractivity contribution in [2.75, 3.05) is 0 Å². The third kappa shape index (κ3) is 15.7. The van der Waals surface area contributed by atoms with Gasteiger partial charge in [-0.25, -0.2) is 0 Å². The van der Waals surface area contributed by atoms with E-state index in [1.54, 1.807) is 0 Å². The van der Waals surface area contributed by atoms with E-state index in [-0.39, 0.29) is 32.7 Å². The Labute approximate surface area is 418 Å². The van der Waals surface area contributed by atoms with E-state index in [2.05, 4.69) is 273 Å². The number of aliphatic carboxylic acids is 3. The first-order chi connectivity index (χ1) is 34.1. The van der Waals surface area contributed by atoms with Crippen LogP contribution in [-0.2, 0) is 47.1 Å². The fourth-order valence-electron chi connectivity index (χ4n) is 6.92. The van der Waals surface area contributed by atoms with Crippen LogP contribution in [0.25, 0.3) is 0 Å². The second-order valence-electron chi connectivity index (χ2n) is 15.2. The number of carbonyl (C=O) groups is 3. The summed E-state index contributed by atoms with van der Waals surface area (Å²) in [4.78, 5) is 42.2.